The van der Waals surface area contributed by atoms with Crippen molar-refractivity contribution in [1.29, 1.82) is 0 Å². The van der Waals surface area contributed by atoms with Crippen LogP contribution in [0.4, 0.5) is 0 Å². The fourth-order valence-electron chi connectivity index (χ4n) is 5.42. The van der Waals surface area contributed by atoms with Gasteiger partial charge < -0.3 is 5.11 Å². The monoisotopic (exact) mass is 364 g/mol. The van der Waals surface area contributed by atoms with Crippen molar-refractivity contribution < 1.29 is 19.6 Å². The van der Waals surface area contributed by atoms with Crippen LogP contribution in [-0.2, 0) is 15.1 Å². The molecule has 2 aromatic rings. The molecule has 1 N–H and O–H groups in total. The van der Waals surface area contributed by atoms with E-state index in [0.29, 0.717) is 11.1 Å². The summed E-state index contributed by atoms with van der Waals surface area (Å²) in [5, 5.41) is 21.9. The van der Waals surface area contributed by atoms with Gasteiger partial charge in [-0.15, -0.1) is 0 Å². The summed E-state index contributed by atoms with van der Waals surface area (Å²) in [4.78, 5) is 39.4. The number of nitro groups is 1. The lowest BCUT2D eigenvalue weighted by atomic mass is 9.51. The summed E-state index contributed by atoms with van der Waals surface area (Å²) in [7, 11) is 0. The number of amides is 2. The minimum absolute atomic E-state index is 0.141. The highest BCUT2D eigenvalue weighted by Crippen LogP contribution is 2.64. The first kappa shape index (κ1) is 16.1. The first-order valence-electron chi connectivity index (χ1n) is 8.84. The molecule has 3 aliphatic carbocycles. The SMILES string of the molecule is O=C1[C@H]2C3c4ccccc4C([N+](=O)[O-])(c4ccccc43)[C@H]2C(=O)N1CCO. The van der Waals surface area contributed by atoms with E-state index in [0.717, 1.165) is 16.0 Å². The summed E-state index contributed by atoms with van der Waals surface area (Å²) in [5.41, 5.74) is 0.671. The van der Waals surface area contributed by atoms with Crippen LogP contribution in [0.3, 0.4) is 0 Å². The quantitative estimate of drug-likeness (QED) is 0.502. The molecule has 2 aromatic carbocycles. The van der Waals surface area contributed by atoms with Gasteiger partial charge in [-0.2, -0.15) is 0 Å². The summed E-state index contributed by atoms with van der Waals surface area (Å²) in [6, 6.07) is 14.1. The Bertz CT molecular complexity index is 969. The number of rotatable bonds is 3. The first-order chi connectivity index (χ1) is 13.0. The molecule has 1 aliphatic heterocycles. The molecular weight excluding hydrogens is 348 g/mol. The summed E-state index contributed by atoms with van der Waals surface area (Å²) in [6.07, 6.45) is 0. The number of hydrogen-bond acceptors (Lipinski definition) is 5. The number of nitrogens with zero attached hydrogens (tertiary/aromatic N) is 2. The van der Waals surface area contributed by atoms with Gasteiger partial charge in [0.05, 0.1) is 19.1 Å². The van der Waals surface area contributed by atoms with Gasteiger partial charge in [0, 0.05) is 22.0 Å². The molecule has 0 spiro atoms. The fraction of sp³-hybridized carbons (Fsp3) is 0.300. The van der Waals surface area contributed by atoms with Crippen LogP contribution in [0.5, 0.6) is 0 Å². The molecule has 1 heterocycles. The van der Waals surface area contributed by atoms with Crippen LogP contribution >= 0.6 is 0 Å². The molecule has 7 nitrogen and oxygen atoms in total. The van der Waals surface area contributed by atoms with Crippen molar-refractivity contribution in [1.82, 2.24) is 4.90 Å². The summed E-state index contributed by atoms with van der Waals surface area (Å²) in [6.45, 7) is -0.509. The number of benzene rings is 2. The van der Waals surface area contributed by atoms with Crippen LogP contribution in [0.2, 0.25) is 0 Å². The number of carbonyl (C=O) groups excluding carboxylic acids is 2. The fourth-order valence-corrected chi connectivity index (χ4v) is 5.42. The number of hydrogen-bond donors (Lipinski definition) is 1. The summed E-state index contributed by atoms with van der Waals surface area (Å²) < 4.78 is 0. The number of likely N-dealkylation sites (tertiary alicyclic amines) is 1. The smallest absolute Gasteiger partial charge is 0.284 e. The molecule has 0 radical (unpaired) electrons. The van der Waals surface area contributed by atoms with Gasteiger partial charge in [-0.05, 0) is 11.1 Å². The predicted octanol–water partition coefficient (Wildman–Crippen LogP) is 1.26. The Morgan fingerprint density at radius 3 is 2.07 bits per heavy atom. The number of aliphatic hydroxyl groups is 1. The first-order valence-corrected chi connectivity index (χ1v) is 8.84. The van der Waals surface area contributed by atoms with Crippen LogP contribution in [-0.4, -0.2) is 39.9 Å². The maximum Gasteiger partial charge on any atom is 0.284 e. The Balaban J connectivity index is 1.89. The molecule has 0 saturated carbocycles. The van der Waals surface area contributed by atoms with Crippen molar-refractivity contribution in [3.63, 3.8) is 0 Å². The maximum absolute atomic E-state index is 13.1. The lowest BCUT2D eigenvalue weighted by molar-refractivity contribution is -0.578. The van der Waals surface area contributed by atoms with Crippen molar-refractivity contribution >= 4 is 11.8 Å². The lowest BCUT2D eigenvalue weighted by Gasteiger charge is -2.48. The average Bonchev–Trinajstić information content (AvgIpc) is 2.94. The van der Waals surface area contributed by atoms with Crippen LogP contribution in [0.25, 0.3) is 0 Å². The molecule has 0 aromatic heterocycles. The highest BCUT2D eigenvalue weighted by molar-refractivity contribution is 6.08. The molecule has 2 atom stereocenters. The molecule has 1 fully saturated rings. The molecule has 136 valence electrons. The van der Waals surface area contributed by atoms with Gasteiger partial charge in [0.25, 0.3) is 5.54 Å². The van der Waals surface area contributed by atoms with E-state index in [4.69, 9.17) is 0 Å². The molecule has 6 rings (SSSR count). The highest BCUT2D eigenvalue weighted by atomic mass is 16.6. The van der Waals surface area contributed by atoms with Gasteiger partial charge in [-0.1, -0.05) is 48.5 Å². The second-order valence-corrected chi connectivity index (χ2v) is 7.23. The molecule has 0 unspecified atom stereocenters. The van der Waals surface area contributed by atoms with Crippen molar-refractivity contribution in [2.24, 2.45) is 11.8 Å². The van der Waals surface area contributed by atoms with Gasteiger partial charge >= 0.3 is 0 Å². The minimum atomic E-state index is -1.79. The third-order valence-corrected chi connectivity index (χ3v) is 6.28. The molecule has 7 heteroatoms. The third-order valence-electron chi connectivity index (χ3n) is 6.28. The summed E-state index contributed by atoms with van der Waals surface area (Å²) in [5.74, 6) is -3.31. The zero-order valence-corrected chi connectivity index (χ0v) is 14.2. The van der Waals surface area contributed by atoms with E-state index in [2.05, 4.69) is 0 Å². The van der Waals surface area contributed by atoms with Crippen molar-refractivity contribution in [2.75, 3.05) is 13.2 Å². The normalized spacial score (nSPS) is 30.1. The number of aliphatic hydroxyl groups excluding tert-OH is 1. The van der Waals surface area contributed by atoms with Crippen LogP contribution in [0, 0.1) is 22.0 Å². The van der Waals surface area contributed by atoms with E-state index < -0.39 is 40.0 Å². The number of carbonyl (C=O) groups is 2. The van der Waals surface area contributed by atoms with Crippen LogP contribution in [0.1, 0.15) is 28.2 Å². The van der Waals surface area contributed by atoms with Gasteiger partial charge in [0.2, 0.25) is 11.8 Å². The predicted molar refractivity (Wildman–Crippen MR) is 93.3 cm³/mol. The van der Waals surface area contributed by atoms with Crippen molar-refractivity contribution in [2.45, 2.75) is 11.5 Å². The van der Waals surface area contributed by atoms with Gasteiger partial charge in [-0.25, -0.2) is 0 Å². The average molecular weight is 364 g/mol. The van der Waals surface area contributed by atoms with E-state index >= 15 is 0 Å². The Hall–Kier alpha value is -3.06. The zero-order chi connectivity index (χ0) is 18.9. The van der Waals surface area contributed by atoms with Crippen molar-refractivity contribution in [3.8, 4) is 0 Å². The Morgan fingerprint density at radius 1 is 1.00 bits per heavy atom. The Labute approximate surface area is 154 Å². The Kier molecular flexibility index (Phi) is 3.13. The van der Waals surface area contributed by atoms with Gasteiger partial charge in [0.1, 0.15) is 5.92 Å². The zero-order valence-electron chi connectivity index (χ0n) is 14.2. The standard InChI is InChI=1S/C20H16N2O5/c23-10-9-21-18(24)16-15-11-5-1-3-7-13(11)20(22(26)27,17(16)19(21)25)14-8-4-2-6-12(14)15/h1-8,15-17,23H,9-10H2/t15?,16-,17+,20?/m0/s1. The number of β-amino-alcohol motifs (C(OH)–C–C–N with tert-alkyl or cyclic N) is 1. The third kappa shape index (κ3) is 1.66. The largest absolute Gasteiger partial charge is 0.395 e. The topological polar surface area (TPSA) is 101 Å². The second-order valence-electron chi connectivity index (χ2n) is 7.23. The molecule has 2 bridgehead atoms. The van der Waals surface area contributed by atoms with Crippen LogP contribution in [0.15, 0.2) is 48.5 Å². The van der Waals surface area contributed by atoms with Gasteiger partial charge in [0.15, 0.2) is 0 Å². The number of imide groups is 1. The van der Waals surface area contributed by atoms with E-state index in [9.17, 15) is 24.8 Å². The van der Waals surface area contributed by atoms with Crippen LogP contribution < -0.4 is 0 Å². The maximum atomic E-state index is 13.1. The highest BCUT2D eigenvalue weighted by Gasteiger charge is 2.74. The molecular formula is C20H16N2O5. The van der Waals surface area contributed by atoms with E-state index in [-0.39, 0.29) is 13.2 Å². The van der Waals surface area contributed by atoms with E-state index in [1.807, 2.05) is 12.1 Å². The van der Waals surface area contributed by atoms with Gasteiger partial charge in [-0.3, -0.25) is 24.6 Å². The summed E-state index contributed by atoms with van der Waals surface area (Å²) >= 11 is 0. The Morgan fingerprint density at radius 2 is 1.56 bits per heavy atom. The van der Waals surface area contributed by atoms with E-state index in [1.165, 1.54) is 0 Å². The molecule has 27 heavy (non-hydrogen) atoms. The van der Waals surface area contributed by atoms with E-state index in [1.54, 1.807) is 36.4 Å². The molecule has 1 saturated heterocycles. The molecule has 4 aliphatic rings. The minimum Gasteiger partial charge on any atom is -0.395 e. The second kappa shape index (κ2) is 5.23. The van der Waals surface area contributed by atoms with Crippen molar-refractivity contribution in [3.05, 3.63) is 80.9 Å². The molecule has 2 amide bonds. The lowest BCUT2D eigenvalue weighted by Crippen LogP contribution is -2.57.